The van der Waals surface area contributed by atoms with Crippen LogP contribution in [-0.2, 0) is 11.2 Å². The molecule has 0 unspecified atom stereocenters. The summed E-state index contributed by atoms with van der Waals surface area (Å²) < 4.78 is 13.6. The summed E-state index contributed by atoms with van der Waals surface area (Å²) >= 11 is 0. The number of likely N-dealkylation sites (tertiary alicyclic amines) is 1. The van der Waals surface area contributed by atoms with Crippen molar-refractivity contribution in [1.82, 2.24) is 5.32 Å². The van der Waals surface area contributed by atoms with Gasteiger partial charge >= 0.3 is 11.9 Å². The number of hydrogen-bond donors (Lipinski definition) is 3. The smallest absolute Gasteiger partial charge is 0.318 e. The van der Waals surface area contributed by atoms with Crippen molar-refractivity contribution in [2.24, 2.45) is 16.6 Å². The number of ketones is 2. The first-order chi connectivity index (χ1) is 18.5. The normalized spacial score (nSPS) is 19.3. The summed E-state index contributed by atoms with van der Waals surface area (Å²) in [6, 6.07) is 10.4. The number of Topliss-reactive ketones (excluding diaryl/α,β-unsaturated/α-hetero) is 2. The lowest BCUT2D eigenvalue weighted by molar-refractivity contribution is -0.860. The van der Waals surface area contributed by atoms with Gasteiger partial charge in [0.25, 0.3) is 0 Å². The molecular formula is C29H37FN5O4+. The first-order valence-electron chi connectivity index (χ1n) is 13.1. The van der Waals surface area contributed by atoms with Crippen molar-refractivity contribution in [3.8, 4) is 0 Å². The highest BCUT2D eigenvalue weighted by Crippen LogP contribution is 2.27. The molecule has 2 aromatic carbocycles. The van der Waals surface area contributed by atoms with Gasteiger partial charge in [0, 0.05) is 42.6 Å². The summed E-state index contributed by atoms with van der Waals surface area (Å²) in [4.78, 5) is 52.5. The number of anilines is 1. The molecule has 0 atom stereocenters. The Balaban J connectivity index is 1.63. The van der Waals surface area contributed by atoms with E-state index in [0.717, 1.165) is 37.9 Å². The van der Waals surface area contributed by atoms with Gasteiger partial charge in [-0.1, -0.05) is 12.1 Å². The Bertz CT molecular complexity index is 1220. The number of carbonyl (C=O) groups excluding carboxylic acids is 4. The Kier molecular flexibility index (Phi) is 10.1. The third kappa shape index (κ3) is 8.54. The van der Waals surface area contributed by atoms with Gasteiger partial charge < -0.3 is 11.1 Å². The van der Waals surface area contributed by atoms with Crippen LogP contribution in [0.15, 0.2) is 47.5 Å². The van der Waals surface area contributed by atoms with E-state index in [1.165, 1.54) is 32.0 Å². The van der Waals surface area contributed by atoms with Crippen molar-refractivity contribution in [1.29, 1.82) is 0 Å². The highest BCUT2D eigenvalue weighted by Gasteiger charge is 2.37. The largest absolute Gasteiger partial charge is 0.351 e. The second-order valence-electron chi connectivity index (χ2n) is 10.2. The molecule has 39 heavy (non-hydrogen) atoms. The minimum absolute atomic E-state index is 0.0880. The van der Waals surface area contributed by atoms with Crippen molar-refractivity contribution >= 4 is 35.2 Å². The van der Waals surface area contributed by atoms with E-state index in [0.29, 0.717) is 46.7 Å². The molecule has 1 aliphatic rings. The average molecular weight is 539 g/mol. The van der Waals surface area contributed by atoms with Gasteiger partial charge in [-0.3, -0.25) is 24.4 Å². The number of halogens is 1. The Hall–Kier alpha value is -3.92. The molecule has 9 nitrogen and oxygen atoms in total. The number of nitrogens with one attached hydrogen (secondary N) is 2. The van der Waals surface area contributed by atoms with Crippen LogP contribution >= 0.6 is 0 Å². The van der Waals surface area contributed by atoms with Crippen molar-refractivity contribution in [3.63, 3.8) is 0 Å². The van der Waals surface area contributed by atoms with Crippen LogP contribution in [0, 0.1) is 11.7 Å². The topological polar surface area (TPSA) is 131 Å². The number of hydrogen-bond acceptors (Lipinski definition) is 5. The number of urea groups is 1. The number of guanidine groups is 1. The van der Waals surface area contributed by atoms with Crippen molar-refractivity contribution in [2.75, 3.05) is 31.5 Å². The van der Waals surface area contributed by atoms with Crippen LogP contribution in [0.3, 0.4) is 0 Å². The van der Waals surface area contributed by atoms with E-state index in [1.807, 2.05) is 12.1 Å². The second-order valence-corrected chi connectivity index (χ2v) is 10.2. The van der Waals surface area contributed by atoms with E-state index in [9.17, 15) is 23.6 Å². The third-order valence-corrected chi connectivity index (χ3v) is 7.30. The second kappa shape index (κ2) is 13.2. The maximum Gasteiger partial charge on any atom is 0.318 e. The van der Waals surface area contributed by atoms with Crippen LogP contribution in [0.1, 0.15) is 66.3 Å². The predicted octanol–water partition coefficient (Wildman–Crippen LogP) is 4.07. The first-order valence-corrected chi connectivity index (χ1v) is 13.1. The quantitative estimate of drug-likeness (QED) is 0.146. The molecule has 0 saturated carbocycles. The molecule has 2 aromatic rings. The van der Waals surface area contributed by atoms with Gasteiger partial charge in [-0.05, 0) is 62.1 Å². The Labute approximate surface area is 228 Å². The molecule has 0 aliphatic carbocycles. The Morgan fingerprint density at radius 3 is 2.08 bits per heavy atom. The lowest BCUT2D eigenvalue weighted by Gasteiger charge is -2.41. The molecule has 3 rings (SSSR count). The highest BCUT2D eigenvalue weighted by molar-refractivity contribution is 6.06. The van der Waals surface area contributed by atoms with E-state index in [1.54, 1.807) is 19.1 Å². The van der Waals surface area contributed by atoms with Crippen LogP contribution in [0.25, 0.3) is 0 Å². The molecule has 0 bridgehead atoms. The van der Waals surface area contributed by atoms with Gasteiger partial charge in [-0.25, -0.2) is 14.0 Å². The van der Waals surface area contributed by atoms with E-state index in [4.69, 9.17) is 5.73 Å². The Morgan fingerprint density at radius 1 is 0.974 bits per heavy atom. The zero-order chi connectivity index (χ0) is 28.6. The number of piperidine rings is 1. The summed E-state index contributed by atoms with van der Waals surface area (Å²) in [5, 5.41) is 5.38. The van der Waals surface area contributed by atoms with Gasteiger partial charge in [-0.15, -0.1) is 0 Å². The number of nitrogens with two attached hydrogens (primary N) is 1. The fourth-order valence-electron chi connectivity index (χ4n) is 5.00. The van der Waals surface area contributed by atoms with E-state index in [-0.39, 0.29) is 29.3 Å². The zero-order valence-corrected chi connectivity index (χ0v) is 22.8. The number of benzene rings is 2. The zero-order valence-electron chi connectivity index (χ0n) is 22.8. The fraction of sp³-hybridized carbons (Fsp3) is 0.414. The molecule has 3 amide bonds. The summed E-state index contributed by atoms with van der Waals surface area (Å²) in [7, 11) is 0. The van der Waals surface area contributed by atoms with Crippen LogP contribution in [-0.4, -0.2) is 60.1 Å². The molecule has 0 spiro atoms. The maximum absolute atomic E-state index is 13.2. The van der Waals surface area contributed by atoms with Crippen LogP contribution in [0.5, 0.6) is 0 Å². The maximum atomic E-state index is 13.2. The first kappa shape index (κ1) is 29.6. The SMILES string of the molecule is CC(=O)c1cc(NC(=NCCC[N+]2(C(C)=O)CCC(Cc3ccc(F)cc3)CC2)NC(N)=O)cc(C(C)=O)c1. The van der Waals surface area contributed by atoms with Crippen molar-refractivity contribution < 1.29 is 28.1 Å². The number of aliphatic imine (C=N–C) groups is 1. The monoisotopic (exact) mass is 538 g/mol. The number of amides is 3. The summed E-state index contributed by atoms with van der Waals surface area (Å²) in [6.07, 6.45) is 3.27. The molecular weight excluding hydrogens is 501 g/mol. The standard InChI is InChI=1S/C29H36FN5O4/c1-19(36)24-16-25(20(2)37)18-27(17-24)33-29(34-28(31)39)32-11-4-12-35(21(3)38)13-9-23(10-14-35)15-22-5-7-26(30)8-6-22/h5-8,16-18,23H,4,9-15H2,1-3H3,(H3-,31,32,33,34,39)/p+1. The lowest BCUT2D eigenvalue weighted by atomic mass is 9.88. The number of primary amides is 1. The van der Waals surface area contributed by atoms with Crippen molar-refractivity contribution in [2.45, 2.75) is 46.5 Å². The number of nitrogens with zero attached hydrogens (tertiary/aromatic N) is 2. The van der Waals surface area contributed by atoms with Gasteiger partial charge in [0.05, 0.1) is 26.6 Å². The molecule has 0 aromatic heterocycles. The third-order valence-electron chi connectivity index (χ3n) is 7.30. The number of quaternary nitrogens is 1. The summed E-state index contributed by atoms with van der Waals surface area (Å²) in [5.74, 6) is -0.00695. The molecule has 10 heteroatoms. The number of carbonyl (C=O) groups is 4. The fourth-order valence-corrected chi connectivity index (χ4v) is 5.00. The molecule has 1 heterocycles. The van der Waals surface area contributed by atoms with Gasteiger partial charge in [0.2, 0.25) is 5.96 Å². The predicted molar refractivity (Wildman–Crippen MR) is 148 cm³/mol. The van der Waals surface area contributed by atoms with Crippen LogP contribution < -0.4 is 16.4 Å². The van der Waals surface area contributed by atoms with Crippen molar-refractivity contribution in [3.05, 3.63) is 65.0 Å². The molecule has 208 valence electrons. The van der Waals surface area contributed by atoms with Crippen LogP contribution in [0.2, 0.25) is 0 Å². The van der Waals surface area contributed by atoms with Crippen LogP contribution in [0.4, 0.5) is 14.9 Å². The Morgan fingerprint density at radius 2 is 1.56 bits per heavy atom. The van der Waals surface area contributed by atoms with Gasteiger partial charge in [0.15, 0.2) is 11.6 Å². The number of rotatable bonds is 9. The van der Waals surface area contributed by atoms with E-state index < -0.39 is 6.03 Å². The van der Waals surface area contributed by atoms with E-state index >= 15 is 0 Å². The summed E-state index contributed by atoms with van der Waals surface area (Å²) in [6.45, 7) is 6.83. The molecule has 1 fully saturated rings. The lowest BCUT2D eigenvalue weighted by Crippen LogP contribution is -2.56. The average Bonchev–Trinajstić information content (AvgIpc) is 2.88. The molecule has 0 radical (unpaired) electrons. The van der Waals surface area contributed by atoms with Gasteiger partial charge in [-0.2, -0.15) is 0 Å². The molecule has 4 N–H and O–H groups in total. The van der Waals surface area contributed by atoms with Gasteiger partial charge in [0.1, 0.15) is 5.82 Å². The highest BCUT2D eigenvalue weighted by atomic mass is 19.1. The minimum Gasteiger partial charge on any atom is -0.351 e. The summed E-state index contributed by atoms with van der Waals surface area (Å²) in [5.41, 5.74) is 7.52. The molecule has 1 saturated heterocycles. The van der Waals surface area contributed by atoms with E-state index in [2.05, 4.69) is 15.6 Å². The molecule has 1 aliphatic heterocycles. The minimum atomic E-state index is -0.814.